The summed E-state index contributed by atoms with van der Waals surface area (Å²) >= 11 is 0. The highest BCUT2D eigenvalue weighted by atomic mass is 16.3. The van der Waals surface area contributed by atoms with E-state index in [0.717, 1.165) is 17.1 Å². The Hall–Kier alpha value is -3.28. The van der Waals surface area contributed by atoms with Crippen LogP contribution in [0, 0.1) is 13.8 Å². The van der Waals surface area contributed by atoms with Crippen molar-refractivity contribution in [3.63, 3.8) is 0 Å². The summed E-state index contributed by atoms with van der Waals surface area (Å²) in [6.07, 6.45) is 1.64. The van der Waals surface area contributed by atoms with E-state index >= 15 is 0 Å². The summed E-state index contributed by atoms with van der Waals surface area (Å²) in [5.41, 5.74) is 3.56. The number of benzene rings is 1. The van der Waals surface area contributed by atoms with Crippen molar-refractivity contribution >= 4 is 17.5 Å². The minimum absolute atomic E-state index is 0.109. The van der Waals surface area contributed by atoms with Gasteiger partial charge in [0.15, 0.2) is 0 Å². The van der Waals surface area contributed by atoms with Gasteiger partial charge in [0.25, 0.3) is 11.8 Å². The summed E-state index contributed by atoms with van der Waals surface area (Å²) in [6, 6.07) is 12.6. The van der Waals surface area contributed by atoms with Crippen LogP contribution in [-0.4, -0.2) is 35.4 Å². The van der Waals surface area contributed by atoms with E-state index in [0.29, 0.717) is 23.4 Å². The van der Waals surface area contributed by atoms with Gasteiger partial charge in [0, 0.05) is 36.7 Å². The maximum Gasteiger partial charge on any atom is 0.257 e. The summed E-state index contributed by atoms with van der Waals surface area (Å²) in [5.74, 6) is 0.518. The smallest absolute Gasteiger partial charge is 0.257 e. The van der Waals surface area contributed by atoms with Gasteiger partial charge in [-0.15, -0.1) is 0 Å². The van der Waals surface area contributed by atoms with Crippen LogP contribution in [0.5, 0.6) is 0 Å². The predicted molar refractivity (Wildman–Crippen MR) is 104 cm³/mol. The van der Waals surface area contributed by atoms with E-state index in [4.69, 9.17) is 4.42 Å². The molecule has 0 fully saturated rings. The minimum Gasteiger partial charge on any atom is -0.467 e. The molecular formula is C21H23N3O3. The molecule has 6 nitrogen and oxygen atoms in total. The van der Waals surface area contributed by atoms with Crippen LogP contribution in [0.1, 0.15) is 37.9 Å². The van der Waals surface area contributed by atoms with Gasteiger partial charge in [0.05, 0.1) is 18.4 Å². The van der Waals surface area contributed by atoms with Gasteiger partial charge in [-0.1, -0.05) is 6.07 Å². The molecule has 2 aromatic heterocycles. The molecule has 0 aliphatic carbocycles. The molecule has 0 saturated carbocycles. The van der Waals surface area contributed by atoms with Gasteiger partial charge in [-0.2, -0.15) is 0 Å². The second-order valence-electron chi connectivity index (χ2n) is 6.68. The van der Waals surface area contributed by atoms with E-state index in [1.54, 1.807) is 44.6 Å². The number of anilines is 1. The molecule has 0 radical (unpaired) electrons. The van der Waals surface area contributed by atoms with Crippen LogP contribution in [-0.2, 0) is 6.54 Å². The Morgan fingerprint density at radius 2 is 1.89 bits per heavy atom. The van der Waals surface area contributed by atoms with Crippen LogP contribution in [0.2, 0.25) is 0 Å². The Kier molecular flexibility index (Phi) is 5.16. The highest BCUT2D eigenvalue weighted by Crippen LogP contribution is 2.20. The van der Waals surface area contributed by atoms with Crippen molar-refractivity contribution in [1.29, 1.82) is 0 Å². The normalized spacial score (nSPS) is 10.7. The fraction of sp³-hybridized carbons (Fsp3) is 0.238. The Balaban J connectivity index is 1.81. The standard InChI is InChI=1S/C21H23N3O3/c1-14-11-19(15(2)24(14)13-18-9-6-10-27-18)20(25)22-17-8-5-7-16(12-17)21(26)23(3)4/h5-12H,13H2,1-4H3,(H,22,25). The fourth-order valence-corrected chi connectivity index (χ4v) is 3.02. The van der Waals surface area contributed by atoms with E-state index in [1.807, 2.05) is 36.6 Å². The molecule has 0 aliphatic rings. The first kappa shape index (κ1) is 18.5. The number of carbonyl (C=O) groups excluding carboxylic acids is 2. The van der Waals surface area contributed by atoms with Gasteiger partial charge in [0.2, 0.25) is 0 Å². The zero-order chi connectivity index (χ0) is 19.6. The number of nitrogens with zero attached hydrogens (tertiary/aromatic N) is 2. The van der Waals surface area contributed by atoms with Crippen molar-refractivity contribution in [2.45, 2.75) is 20.4 Å². The Labute approximate surface area is 158 Å². The molecule has 0 aliphatic heterocycles. The summed E-state index contributed by atoms with van der Waals surface area (Å²) in [5, 5.41) is 2.89. The third-order valence-electron chi connectivity index (χ3n) is 4.49. The number of furan rings is 1. The Morgan fingerprint density at radius 1 is 1.11 bits per heavy atom. The number of hydrogen-bond donors (Lipinski definition) is 1. The lowest BCUT2D eigenvalue weighted by Gasteiger charge is -2.12. The van der Waals surface area contributed by atoms with Crippen LogP contribution in [0.25, 0.3) is 0 Å². The molecule has 0 unspecified atom stereocenters. The van der Waals surface area contributed by atoms with E-state index in [2.05, 4.69) is 5.32 Å². The molecule has 2 heterocycles. The van der Waals surface area contributed by atoms with E-state index in [1.165, 1.54) is 4.90 Å². The number of carbonyl (C=O) groups is 2. The first-order chi connectivity index (χ1) is 12.9. The van der Waals surface area contributed by atoms with Crippen molar-refractivity contribution in [2.24, 2.45) is 0 Å². The molecule has 140 valence electrons. The summed E-state index contributed by atoms with van der Waals surface area (Å²) in [7, 11) is 3.39. The second kappa shape index (κ2) is 7.53. The van der Waals surface area contributed by atoms with Gasteiger partial charge >= 0.3 is 0 Å². The maximum atomic E-state index is 12.8. The number of amides is 2. The zero-order valence-electron chi connectivity index (χ0n) is 15.9. The number of aromatic nitrogens is 1. The van der Waals surface area contributed by atoms with Crippen molar-refractivity contribution in [3.8, 4) is 0 Å². The lowest BCUT2D eigenvalue weighted by molar-refractivity contribution is 0.0827. The van der Waals surface area contributed by atoms with E-state index in [-0.39, 0.29) is 11.8 Å². The zero-order valence-corrected chi connectivity index (χ0v) is 15.9. The van der Waals surface area contributed by atoms with Crippen LogP contribution < -0.4 is 5.32 Å². The van der Waals surface area contributed by atoms with E-state index in [9.17, 15) is 9.59 Å². The average molecular weight is 365 g/mol. The average Bonchev–Trinajstić information content (AvgIpc) is 3.25. The van der Waals surface area contributed by atoms with Gasteiger partial charge in [-0.3, -0.25) is 9.59 Å². The molecule has 1 N–H and O–H groups in total. The molecule has 0 bridgehead atoms. The van der Waals surface area contributed by atoms with Crippen LogP contribution >= 0.6 is 0 Å². The summed E-state index contributed by atoms with van der Waals surface area (Å²) < 4.78 is 7.45. The molecule has 3 aromatic rings. The third-order valence-corrected chi connectivity index (χ3v) is 4.49. The molecule has 0 saturated heterocycles. The van der Waals surface area contributed by atoms with Crippen molar-refractivity contribution in [1.82, 2.24) is 9.47 Å². The largest absolute Gasteiger partial charge is 0.467 e. The van der Waals surface area contributed by atoms with E-state index < -0.39 is 0 Å². The van der Waals surface area contributed by atoms with Gasteiger partial charge in [0.1, 0.15) is 5.76 Å². The lowest BCUT2D eigenvalue weighted by atomic mass is 10.1. The Morgan fingerprint density at radius 3 is 2.56 bits per heavy atom. The van der Waals surface area contributed by atoms with Gasteiger partial charge in [-0.25, -0.2) is 0 Å². The molecule has 3 rings (SSSR count). The maximum absolute atomic E-state index is 12.8. The summed E-state index contributed by atoms with van der Waals surface area (Å²) in [4.78, 5) is 26.4. The topological polar surface area (TPSA) is 67.5 Å². The molecule has 27 heavy (non-hydrogen) atoms. The van der Waals surface area contributed by atoms with Crippen molar-refractivity contribution in [3.05, 3.63) is 77.0 Å². The molecule has 2 amide bonds. The first-order valence-corrected chi connectivity index (χ1v) is 8.69. The monoisotopic (exact) mass is 365 g/mol. The molecule has 1 aromatic carbocycles. The van der Waals surface area contributed by atoms with Crippen LogP contribution in [0.15, 0.2) is 53.1 Å². The number of hydrogen-bond acceptors (Lipinski definition) is 3. The predicted octanol–water partition coefficient (Wildman–Crippen LogP) is 3.70. The van der Waals surface area contributed by atoms with Crippen LogP contribution in [0.3, 0.4) is 0 Å². The second-order valence-corrected chi connectivity index (χ2v) is 6.68. The number of aryl methyl sites for hydroxylation is 1. The minimum atomic E-state index is -0.205. The Bertz CT molecular complexity index is 969. The lowest BCUT2D eigenvalue weighted by Crippen LogP contribution is -2.22. The fourth-order valence-electron chi connectivity index (χ4n) is 3.02. The highest BCUT2D eigenvalue weighted by molar-refractivity contribution is 6.06. The quantitative estimate of drug-likeness (QED) is 0.750. The van der Waals surface area contributed by atoms with Gasteiger partial charge in [-0.05, 0) is 50.2 Å². The first-order valence-electron chi connectivity index (χ1n) is 8.69. The van der Waals surface area contributed by atoms with Crippen molar-refractivity contribution in [2.75, 3.05) is 19.4 Å². The van der Waals surface area contributed by atoms with Gasteiger partial charge < -0.3 is 19.2 Å². The molecule has 0 spiro atoms. The third kappa shape index (κ3) is 3.95. The van der Waals surface area contributed by atoms with Crippen molar-refractivity contribution < 1.29 is 14.0 Å². The highest BCUT2D eigenvalue weighted by Gasteiger charge is 2.17. The van der Waals surface area contributed by atoms with Crippen LogP contribution in [0.4, 0.5) is 5.69 Å². The molecule has 6 heteroatoms. The number of rotatable bonds is 5. The molecule has 0 atom stereocenters. The SMILES string of the molecule is Cc1cc(C(=O)Nc2cccc(C(=O)N(C)C)c2)c(C)n1Cc1ccco1. The summed E-state index contributed by atoms with van der Waals surface area (Å²) in [6.45, 7) is 4.45. The molecular weight excluding hydrogens is 342 g/mol. The number of nitrogens with one attached hydrogen (secondary N) is 1.